The molecule has 9 heteroatoms. The molecule has 3 aromatic carbocycles. The zero-order chi connectivity index (χ0) is 32.3. The van der Waals surface area contributed by atoms with Gasteiger partial charge in [-0.05, 0) is 81.8 Å². The smallest absolute Gasteiger partial charge is 0.410 e. The Balaban J connectivity index is 1.49. The van der Waals surface area contributed by atoms with Gasteiger partial charge in [-0.1, -0.05) is 54.1 Å². The predicted molar refractivity (Wildman–Crippen MR) is 180 cm³/mol. The van der Waals surface area contributed by atoms with E-state index in [0.717, 1.165) is 52.5 Å². The fourth-order valence-corrected chi connectivity index (χ4v) is 7.46. The highest BCUT2D eigenvalue weighted by Crippen LogP contribution is 2.40. The number of methoxy groups -OCH3 is 1. The first-order valence-electron chi connectivity index (χ1n) is 15.1. The fourth-order valence-electron chi connectivity index (χ4n) is 5.99. The second-order valence-corrected chi connectivity index (χ2v) is 13.8. The lowest BCUT2D eigenvalue weighted by atomic mass is 9.88. The van der Waals surface area contributed by atoms with Gasteiger partial charge in [0.25, 0.3) is 5.91 Å². The summed E-state index contributed by atoms with van der Waals surface area (Å²) >= 11 is 8.27. The van der Waals surface area contributed by atoms with Crippen molar-refractivity contribution in [2.45, 2.75) is 70.7 Å². The number of halogens is 1. The standard InChI is InChI=1S/C36H38ClN3O4S/c1-36(2,3)44-35(42)39(4)26-17-19-27(20-18-26)40(34(41)33-32(37)28-10-6-7-12-30(28)45-33)22-25-9-8-11-29(43-5)31(25)24-15-13-23(21-38)14-16-24/h6-16,26-27H,17-20,22H2,1-5H3. The summed E-state index contributed by atoms with van der Waals surface area (Å²) < 4.78 is 12.4. The molecule has 1 heterocycles. The molecule has 0 atom stereocenters. The van der Waals surface area contributed by atoms with E-state index in [-0.39, 0.29) is 24.1 Å². The van der Waals surface area contributed by atoms with Crippen molar-refractivity contribution in [2.75, 3.05) is 14.2 Å². The van der Waals surface area contributed by atoms with Gasteiger partial charge in [-0.3, -0.25) is 4.79 Å². The molecule has 0 aliphatic heterocycles. The highest BCUT2D eigenvalue weighted by Gasteiger charge is 2.35. The summed E-state index contributed by atoms with van der Waals surface area (Å²) in [5.41, 5.74) is 2.70. The fraction of sp³-hybridized carbons (Fsp3) is 0.361. The predicted octanol–water partition coefficient (Wildman–Crippen LogP) is 8.92. The van der Waals surface area contributed by atoms with Gasteiger partial charge >= 0.3 is 6.09 Å². The molecule has 1 fully saturated rings. The van der Waals surface area contributed by atoms with Crippen LogP contribution in [-0.4, -0.2) is 53.6 Å². The Morgan fingerprint density at radius 1 is 0.978 bits per heavy atom. The molecule has 5 rings (SSSR count). The number of thiophene rings is 1. The van der Waals surface area contributed by atoms with Crippen LogP contribution in [0.2, 0.25) is 5.02 Å². The molecule has 4 aromatic rings. The molecule has 0 N–H and O–H groups in total. The molecule has 0 unspecified atom stereocenters. The van der Waals surface area contributed by atoms with Crippen LogP contribution in [0, 0.1) is 11.3 Å². The summed E-state index contributed by atoms with van der Waals surface area (Å²) in [6.45, 7) is 5.93. The zero-order valence-corrected chi connectivity index (χ0v) is 27.9. The number of nitrogens with zero attached hydrogens (tertiary/aromatic N) is 3. The normalized spacial score (nSPS) is 16.6. The number of hydrogen-bond donors (Lipinski definition) is 0. The molecule has 0 spiro atoms. The van der Waals surface area contributed by atoms with E-state index in [9.17, 15) is 14.9 Å². The van der Waals surface area contributed by atoms with Crippen molar-refractivity contribution in [2.24, 2.45) is 0 Å². The Labute approximate surface area is 273 Å². The van der Waals surface area contributed by atoms with E-state index >= 15 is 0 Å². The lowest BCUT2D eigenvalue weighted by Gasteiger charge is -2.40. The summed E-state index contributed by atoms with van der Waals surface area (Å²) in [4.78, 5) is 31.5. The number of benzene rings is 3. The van der Waals surface area contributed by atoms with Gasteiger partial charge in [-0.15, -0.1) is 11.3 Å². The van der Waals surface area contributed by atoms with Crippen LogP contribution < -0.4 is 4.74 Å². The molecule has 1 saturated carbocycles. The second kappa shape index (κ2) is 13.5. The van der Waals surface area contributed by atoms with Gasteiger partial charge in [0, 0.05) is 41.3 Å². The topological polar surface area (TPSA) is 82.9 Å². The molecule has 234 valence electrons. The maximum Gasteiger partial charge on any atom is 0.410 e. The molecule has 0 saturated heterocycles. The molecular formula is C36H38ClN3O4S. The Kier molecular flexibility index (Phi) is 9.71. The van der Waals surface area contributed by atoms with Crippen molar-refractivity contribution in [1.29, 1.82) is 5.26 Å². The molecule has 1 aliphatic carbocycles. The van der Waals surface area contributed by atoms with E-state index in [1.165, 1.54) is 11.3 Å². The van der Waals surface area contributed by atoms with Gasteiger partial charge < -0.3 is 19.3 Å². The average Bonchev–Trinajstić information content (AvgIpc) is 3.38. The Bertz CT molecular complexity index is 1730. The third-order valence-electron chi connectivity index (χ3n) is 8.30. The zero-order valence-electron chi connectivity index (χ0n) is 26.3. The number of rotatable bonds is 7. The first-order valence-corrected chi connectivity index (χ1v) is 16.3. The summed E-state index contributed by atoms with van der Waals surface area (Å²) in [5.74, 6) is 0.575. The third kappa shape index (κ3) is 7.11. The molecule has 1 aromatic heterocycles. The third-order valence-corrected chi connectivity index (χ3v) is 9.97. The lowest BCUT2D eigenvalue weighted by molar-refractivity contribution is 0.0144. The maximum absolute atomic E-state index is 14.5. The molecule has 45 heavy (non-hydrogen) atoms. The van der Waals surface area contributed by atoms with Crippen LogP contribution in [0.5, 0.6) is 5.75 Å². The number of carbonyl (C=O) groups is 2. The number of fused-ring (bicyclic) bond motifs is 1. The van der Waals surface area contributed by atoms with Gasteiger partial charge in [0.1, 0.15) is 16.2 Å². The van der Waals surface area contributed by atoms with Crippen LogP contribution in [0.1, 0.15) is 67.3 Å². The Hall–Kier alpha value is -4.06. The summed E-state index contributed by atoms with van der Waals surface area (Å²) in [6, 6.07) is 23.2. The summed E-state index contributed by atoms with van der Waals surface area (Å²) in [6.07, 6.45) is 2.60. The van der Waals surface area contributed by atoms with Crippen molar-refractivity contribution in [3.8, 4) is 22.9 Å². The largest absolute Gasteiger partial charge is 0.496 e. The van der Waals surface area contributed by atoms with E-state index in [4.69, 9.17) is 21.1 Å². The first-order chi connectivity index (χ1) is 21.5. The molecule has 7 nitrogen and oxygen atoms in total. The maximum atomic E-state index is 14.5. The van der Waals surface area contributed by atoms with Crippen molar-refractivity contribution >= 4 is 45.0 Å². The Morgan fingerprint density at radius 3 is 2.27 bits per heavy atom. The van der Waals surface area contributed by atoms with E-state index in [1.54, 1.807) is 31.2 Å². The quantitative estimate of drug-likeness (QED) is 0.201. The van der Waals surface area contributed by atoms with Crippen molar-refractivity contribution < 1.29 is 19.1 Å². The molecule has 2 amide bonds. The van der Waals surface area contributed by atoms with Gasteiger partial charge in [0.2, 0.25) is 0 Å². The average molecular weight is 644 g/mol. The number of hydrogen-bond acceptors (Lipinski definition) is 6. The van der Waals surface area contributed by atoms with Crippen LogP contribution in [0.4, 0.5) is 4.79 Å². The minimum absolute atomic E-state index is 0.0204. The summed E-state index contributed by atoms with van der Waals surface area (Å²) in [7, 11) is 3.42. The summed E-state index contributed by atoms with van der Waals surface area (Å²) in [5, 5.41) is 10.7. The molecular weight excluding hydrogens is 606 g/mol. The molecule has 0 bridgehead atoms. The van der Waals surface area contributed by atoms with Gasteiger partial charge in [0.15, 0.2) is 0 Å². The molecule has 0 radical (unpaired) electrons. The van der Waals surface area contributed by atoms with E-state index in [1.807, 2.05) is 80.3 Å². The number of amides is 2. The minimum Gasteiger partial charge on any atom is -0.496 e. The molecule has 1 aliphatic rings. The van der Waals surface area contributed by atoms with Crippen LogP contribution in [-0.2, 0) is 11.3 Å². The van der Waals surface area contributed by atoms with Crippen LogP contribution in [0.3, 0.4) is 0 Å². The monoisotopic (exact) mass is 643 g/mol. The number of ether oxygens (including phenoxy) is 2. The minimum atomic E-state index is -0.571. The van der Waals surface area contributed by atoms with Crippen LogP contribution >= 0.6 is 22.9 Å². The van der Waals surface area contributed by atoms with Gasteiger partial charge in [-0.25, -0.2) is 4.79 Å². The highest BCUT2D eigenvalue weighted by atomic mass is 35.5. The lowest BCUT2D eigenvalue weighted by Crippen LogP contribution is -2.47. The van der Waals surface area contributed by atoms with Gasteiger partial charge in [0.05, 0.1) is 23.8 Å². The van der Waals surface area contributed by atoms with Crippen molar-refractivity contribution in [1.82, 2.24) is 9.80 Å². The van der Waals surface area contributed by atoms with E-state index < -0.39 is 5.60 Å². The van der Waals surface area contributed by atoms with Crippen LogP contribution in [0.25, 0.3) is 21.2 Å². The van der Waals surface area contributed by atoms with Crippen LogP contribution in [0.15, 0.2) is 66.7 Å². The van der Waals surface area contributed by atoms with Gasteiger partial charge in [-0.2, -0.15) is 5.26 Å². The Morgan fingerprint density at radius 2 is 1.64 bits per heavy atom. The second-order valence-electron chi connectivity index (χ2n) is 12.4. The first kappa shape index (κ1) is 32.3. The van der Waals surface area contributed by atoms with E-state index in [2.05, 4.69) is 6.07 Å². The SMILES string of the molecule is COc1cccc(CN(C(=O)c2sc3ccccc3c2Cl)C2CCC(N(C)C(=O)OC(C)(C)C)CC2)c1-c1ccc(C#N)cc1. The highest BCUT2D eigenvalue weighted by molar-refractivity contribution is 7.21. The van der Waals surface area contributed by atoms with E-state index in [0.29, 0.717) is 27.8 Å². The van der Waals surface area contributed by atoms with Crippen molar-refractivity contribution in [3.63, 3.8) is 0 Å². The number of nitriles is 1. The number of carbonyl (C=O) groups excluding carboxylic acids is 2. The van der Waals surface area contributed by atoms with Crippen molar-refractivity contribution in [3.05, 3.63) is 87.8 Å².